The molecule has 3 N–H and O–H groups in total. The molecule has 0 atom stereocenters. The Hall–Kier alpha value is -1.83. The van der Waals surface area contributed by atoms with Crippen molar-refractivity contribution in [1.29, 1.82) is 0 Å². The lowest BCUT2D eigenvalue weighted by molar-refractivity contribution is -0.138. The summed E-state index contributed by atoms with van der Waals surface area (Å²) in [6.07, 6.45) is -3.31. The van der Waals surface area contributed by atoms with Crippen LogP contribution in [0.1, 0.15) is 18.1 Å². The van der Waals surface area contributed by atoms with E-state index in [0.29, 0.717) is 0 Å². The van der Waals surface area contributed by atoms with Crippen LogP contribution in [0.5, 0.6) is 5.75 Å². The van der Waals surface area contributed by atoms with Crippen LogP contribution in [-0.2, 0) is 6.18 Å². The van der Waals surface area contributed by atoms with Crippen molar-refractivity contribution in [2.45, 2.75) is 13.1 Å². The minimum absolute atomic E-state index is 0.0711. The maximum absolute atomic E-state index is 12.8. The molecule has 0 saturated heterocycles. The molecule has 0 radical (unpaired) electrons. The maximum Gasteiger partial charge on any atom is 0.419 e. The zero-order valence-electron chi connectivity index (χ0n) is 9.99. The van der Waals surface area contributed by atoms with E-state index in [1.54, 1.807) is 6.92 Å². The molecule has 19 heavy (non-hydrogen) atoms. The van der Waals surface area contributed by atoms with Crippen molar-refractivity contribution in [3.8, 4) is 5.75 Å². The van der Waals surface area contributed by atoms with Gasteiger partial charge in [-0.3, -0.25) is 5.43 Å². The molecule has 0 aliphatic heterocycles. The number of hydrogen-bond donors (Lipinski definition) is 2. The van der Waals surface area contributed by atoms with Crippen molar-refractivity contribution in [3.05, 3.63) is 29.3 Å². The van der Waals surface area contributed by atoms with Gasteiger partial charge in [0.15, 0.2) is 5.11 Å². The predicted molar refractivity (Wildman–Crippen MR) is 70.1 cm³/mol. The molecule has 0 bridgehead atoms. The molecule has 0 aliphatic carbocycles. The summed E-state index contributed by atoms with van der Waals surface area (Å²) in [4.78, 5) is 0. The van der Waals surface area contributed by atoms with Crippen LogP contribution in [0.3, 0.4) is 0 Å². The van der Waals surface area contributed by atoms with Gasteiger partial charge in [0.1, 0.15) is 5.75 Å². The summed E-state index contributed by atoms with van der Waals surface area (Å²) >= 11 is 4.50. The van der Waals surface area contributed by atoms with Crippen LogP contribution in [0.15, 0.2) is 23.3 Å². The topological polar surface area (TPSA) is 59.6 Å². The second-order valence-corrected chi connectivity index (χ2v) is 3.86. The Balaban J connectivity index is 3.04. The third-order valence-corrected chi connectivity index (χ3v) is 2.09. The van der Waals surface area contributed by atoms with Gasteiger partial charge in [-0.2, -0.15) is 18.3 Å². The maximum atomic E-state index is 12.8. The number of nitrogens with zero attached hydrogens (tertiary/aromatic N) is 1. The van der Waals surface area contributed by atoms with Crippen LogP contribution < -0.4 is 15.9 Å². The summed E-state index contributed by atoms with van der Waals surface area (Å²) < 4.78 is 43.4. The highest BCUT2D eigenvalue weighted by Gasteiger charge is 2.34. The molecule has 1 aromatic carbocycles. The molecule has 0 saturated carbocycles. The number of hydrazone groups is 1. The van der Waals surface area contributed by atoms with Crippen LogP contribution in [0, 0.1) is 0 Å². The Bertz CT molecular complexity index is 489. The quantitative estimate of drug-likeness (QED) is 0.507. The van der Waals surface area contributed by atoms with Gasteiger partial charge >= 0.3 is 6.18 Å². The standard InChI is InChI=1S/C11H12F3N3OS/c1-2-18-9-4-3-7(6-16-17-10(15)19)5-8(9)11(12,13)14/h3-6H,2H2,1H3,(H3,15,17,19). The average molecular weight is 291 g/mol. The second-order valence-electron chi connectivity index (χ2n) is 3.42. The van der Waals surface area contributed by atoms with Crippen molar-refractivity contribution in [2.24, 2.45) is 10.8 Å². The molecular formula is C11H12F3N3OS. The summed E-state index contributed by atoms with van der Waals surface area (Å²) in [7, 11) is 0. The Labute approximate surface area is 113 Å². The lowest BCUT2D eigenvalue weighted by Crippen LogP contribution is -2.24. The first-order valence-corrected chi connectivity index (χ1v) is 5.68. The average Bonchev–Trinajstić information content (AvgIpc) is 2.29. The van der Waals surface area contributed by atoms with Gasteiger partial charge in [-0.25, -0.2) is 0 Å². The van der Waals surface area contributed by atoms with E-state index in [4.69, 9.17) is 10.5 Å². The summed E-state index contributed by atoms with van der Waals surface area (Å²) in [6.45, 7) is 1.77. The third-order valence-electron chi connectivity index (χ3n) is 2.00. The van der Waals surface area contributed by atoms with E-state index < -0.39 is 11.7 Å². The van der Waals surface area contributed by atoms with E-state index in [-0.39, 0.29) is 23.0 Å². The highest BCUT2D eigenvalue weighted by atomic mass is 32.1. The van der Waals surface area contributed by atoms with Gasteiger partial charge in [0, 0.05) is 0 Å². The van der Waals surface area contributed by atoms with Crippen molar-refractivity contribution in [2.75, 3.05) is 6.61 Å². The molecule has 8 heteroatoms. The zero-order chi connectivity index (χ0) is 14.5. The van der Waals surface area contributed by atoms with Gasteiger partial charge in [-0.1, -0.05) is 0 Å². The fraction of sp³-hybridized carbons (Fsp3) is 0.273. The van der Waals surface area contributed by atoms with Crippen LogP contribution in [0.2, 0.25) is 0 Å². The number of halogens is 3. The number of alkyl halides is 3. The second kappa shape index (κ2) is 6.37. The van der Waals surface area contributed by atoms with Crippen LogP contribution in [0.4, 0.5) is 13.2 Å². The Kier molecular flexibility index (Phi) is 5.11. The van der Waals surface area contributed by atoms with Crippen LogP contribution in [0.25, 0.3) is 0 Å². The van der Waals surface area contributed by atoms with E-state index in [2.05, 4.69) is 22.7 Å². The Morgan fingerprint density at radius 3 is 2.74 bits per heavy atom. The molecule has 0 fully saturated rings. The molecule has 4 nitrogen and oxygen atoms in total. The monoisotopic (exact) mass is 291 g/mol. The lowest BCUT2D eigenvalue weighted by atomic mass is 10.1. The number of nitrogens with one attached hydrogen (secondary N) is 1. The first-order chi connectivity index (χ1) is 8.84. The van der Waals surface area contributed by atoms with Gasteiger partial charge < -0.3 is 10.5 Å². The fourth-order valence-corrected chi connectivity index (χ4v) is 1.35. The number of hydrogen-bond acceptors (Lipinski definition) is 3. The normalized spacial score (nSPS) is 11.6. The number of benzene rings is 1. The summed E-state index contributed by atoms with van der Waals surface area (Å²) in [5, 5.41) is 3.52. The largest absolute Gasteiger partial charge is 0.493 e. The van der Waals surface area contributed by atoms with Gasteiger partial charge in [-0.05, 0) is 42.9 Å². The first kappa shape index (κ1) is 15.2. The molecule has 1 aromatic rings. The highest BCUT2D eigenvalue weighted by molar-refractivity contribution is 7.80. The van der Waals surface area contributed by atoms with Crippen LogP contribution in [-0.4, -0.2) is 17.9 Å². The van der Waals surface area contributed by atoms with Crippen molar-refractivity contribution < 1.29 is 17.9 Å². The third kappa shape index (κ3) is 4.74. The molecule has 0 heterocycles. The summed E-state index contributed by atoms with van der Waals surface area (Å²) in [5.41, 5.74) is 6.78. The van der Waals surface area contributed by atoms with Crippen molar-refractivity contribution >= 4 is 23.5 Å². The first-order valence-electron chi connectivity index (χ1n) is 5.27. The molecule has 0 aromatic heterocycles. The zero-order valence-corrected chi connectivity index (χ0v) is 10.8. The molecular weight excluding hydrogens is 279 g/mol. The lowest BCUT2D eigenvalue weighted by Gasteiger charge is -2.13. The van der Waals surface area contributed by atoms with Gasteiger partial charge in [0.2, 0.25) is 0 Å². The molecule has 0 spiro atoms. The van der Waals surface area contributed by atoms with Gasteiger partial charge in [0.05, 0.1) is 18.4 Å². The van der Waals surface area contributed by atoms with Gasteiger partial charge in [0.25, 0.3) is 0 Å². The Morgan fingerprint density at radius 1 is 1.53 bits per heavy atom. The summed E-state index contributed by atoms with van der Waals surface area (Å²) in [5.74, 6) is -0.213. The number of rotatable bonds is 4. The molecule has 1 rings (SSSR count). The molecule has 104 valence electrons. The van der Waals surface area contributed by atoms with Crippen LogP contribution >= 0.6 is 12.2 Å². The van der Waals surface area contributed by atoms with E-state index in [1.165, 1.54) is 18.3 Å². The number of thiocarbonyl (C=S) groups is 1. The predicted octanol–water partition coefficient (Wildman–Crippen LogP) is 2.27. The molecule has 0 aliphatic rings. The van der Waals surface area contributed by atoms with Gasteiger partial charge in [-0.15, -0.1) is 0 Å². The van der Waals surface area contributed by atoms with E-state index in [9.17, 15) is 13.2 Å². The highest BCUT2D eigenvalue weighted by Crippen LogP contribution is 2.36. The number of ether oxygens (including phenoxy) is 1. The fourth-order valence-electron chi connectivity index (χ4n) is 1.30. The van der Waals surface area contributed by atoms with E-state index in [0.717, 1.165) is 6.07 Å². The smallest absolute Gasteiger partial charge is 0.419 e. The molecule has 0 amide bonds. The minimum Gasteiger partial charge on any atom is -0.493 e. The van der Waals surface area contributed by atoms with Crippen molar-refractivity contribution in [3.63, 3.8) is 0 Å². The van der Waals surface area contributed by atoms with Crippen molar-refractivity contribution in [1.82, 2.24) is 5.43 Å². The SMILES string of the molecule is CCOc1ccc(C=NNC(N)=S)cc1C(F)(F)F. The Morgan fingerprint density at radius 2 is 2.21 bits per heavy atom. The number of nitrogens with two attached hydrogens (primary N) is 1. The van der Waals surface area contributed by atoms with E-state index in [1.807, 2.05) is 0 Å². The minimum atomic E-state index is -4.50. The molecule has 0 unspecified atom stereocenters. The van der Waals surface area contributed by atoms with E-state index >= 15 is 0 Å². The summed E-state index contributed by atoms with van der Waals surface area (Å²) in [6, 6.07) is 3.63.